The normalized spacial score (nSPS) is 15.6. The molecule has 4 aromatic rings. The summed E-state index contributed by atoms with van der Waals surface area (Å²) < 4.78 is 2.33. The Bertz CT molecular complexity index is 1060. The topological polar surface area (TPSA) is 24.3 Å². The van der Waals surface area contributed by atoms with Crippen molar-refractivity contribution in [3.05, 3.63) is 96.3 Å². The zero-order chi connectivity index (χ0) is 20.3. The molecule has 1 aliphatic heterocycles. The van der Waals surface area contributed by atoms with Gasteiger partial charge in [-0.05, 0) is 49.3 Å². The van der Waals surface area contributed by atoms with Crippen LogP contribution in [0.1, 0.15) is 23.6 Å². The summed E-state index contributed by atoms with van der Waals surface area (Å²) in [5.41, 5.74) is 6.05. The zero-order valence-electron chi connectivity index (χ0n) is 17.5. The van der Waals surface area contributed by atoms with Crippen LogP contribution in [0.15, 0.2) is 85.2 Å². The first-order chi connectivity index (χ1) is 14.8. The fourth-order valence-electron chi connectivity index (χ4n) is 4.51. The summed E-state index contributed by atoms with van der Waals surface area (Å²) in [6.45, 7) is 4.44. The van der Waals surface area contributed by atoms with Gasteiger partial charge in [0, 0.05) is 25.3 Å². The van der Waals surface area contributed by atoms with Crippen molar-refractivity contribution < 1.29 is 0 Å². The van der Waals surface area contributed by atoms with Gasteiger partial charge in [-0.15, -0.1) is 0 Å². The van der Waals surface area contributed by atoms with E-state index in [1.165, 1.54) is 35.3 Å². The minimum atomic E-state index is 0.0999. The van der Waals surface area contributed by atoms with Crippen molar-refractivity contribution in [2.75, 3.05) is 38.1 Å². The number of fused-ring (bicyclic) bond motifs is 1. The maximum atomic E-state index is 4.74. The van der Waals surface area contributed by atoms with Gasteiger partial charge in [-0.3, -0.25) is 0 Å². The van der Waals surface area contributed by atoms with E-state index in [0.29, 0.717) is 0 Å². The number of anilines is 1. The van der Waals surface area contributed by atoms with Gasteiger partial charge in [0.25, 0.3) is 0 Å². The molecule has 0 unspecified atom stereocenters. The average Bonchev–Trinajstić information content (AvgIpc) is 3.07. The summed E-state index contributed by atoms with van der Waals surface area (Å²) in [4.78, 5) is 9.68. The number of aromatic nitrogens is 2. The van der Waals surface area contributed by atoms with Gasteiger partial charge < -0.3 is 14.4 Å². The van der Waals surface area contributed by atoms with Crippen molar-refractivity contribution in [1.29, 1.82) is 0 Å². The molecule has 1 saturated heterocycles. The predicted molar refractivity (Wildman–Crippen MR) is 124 cm³/mol. The molecule has 0 amide bonds. The molecule has 1 aliphatic rings. The van der Waals surface area contributed by atoms with E-state index >= 15 is 0 Å². The van der Waals surface area contributed by atoms with E-state index in [-0.39, 0.29) is 6.04 Å². The predicted octanol–water partition coefficient (Wildman–Crippen LogP) is 4.82. The largest absolute Gasteiger partial charge is 0.370 e. The number of hydrogen-bond donors (Lipinski definition) is 0. The van der Waals surface area contributed by atoms with Crippen LogP contribution < -0.4 is 4.90 Å². The van der Waals surface area contributed by atoms with Gasteiger partial charge in [0.15, 0.2) is 0 Å². The molecule has 1 fully saturated rings. The highest BCUT2D eigenvalue weighted by Gasteiger charge is 2.20. The minimum Gasteiger partial charge on any atom is -0.370 e. The van der Waals surface area contributed by atoms with Crippen molar-refractivity contribution in [2.24, 2.45) is 0 Å². The third-order valence-corrected chi connectivity index (χ3v) is 6.15. The van der Waals surface area contributed by atoms with Crippen molar-refractivity contribution in [3.8, 4) is 0 Å². The van der Waals surface area contributed by atoms with E-state index in [9.17, 15) is 0 Å². The molecule has 4 nitrogen and oxygen atoms in total. The van der Waals surface area contributed by atoms with Crippen LogP contribution >= 0.6 is 0 Å². The van der Waals surface area contributed by atoms with Gasteiger partial charge >= 0.3 is 0 Å². The second-order valence-electron chi connectivity index (χ2n) is 8.19. The minimum absolute atomic E-state index is 0.0999. The molecule has 152 valence electrons. The zero-order valence-corrected chi connectivity index (χ0v) is 17.5. The van der Waals surface area contributed by atoms with E-state index in [4.69, 9.17) is 4.98 Å². The first-order valence-corrected chi connectivity index (χ1v) is 10.8. The van der Waals surface area contributed by atoms with Crippen molar-refractivity contribution >= 4 is 16.7 Å². The van der Waals surface area contributed by atoms with Crippen LogP contribution in [0.2, 0.25) is 0 Å². The van der Waals surface area contributed by atoms with Gasteiger partial charge in [-0.2, -0.15) is 0 Å². The molecule has 3 aromatic carbocycles. The third-order valence-electron chi connectivity index (χ3n) is 6.15. The van der Waals surface area contributed by atoms with Crippen LogP contribution in [0, 0.1) is 0 Å². The van der Waals surface area contributed by atoms with Crippen molar-refractivity contribution in [1.82, 2.24) is 14.5 Å². The Balaban J connectivity index is 1.60. The van der Waals surface area contributed by atoms with Crippen LogP contribution in [0.5, 0.6) is 0 Å². The molecule has 1 aromatic heterocycles. The van der Waals surface area contributed by atoms with Crippen molar-refractivity contribution in [2.45, 2.75) is 12.5 Å². The number of hydrogen-bond acceptors (Lipinski definition) is 3. The Hall–Kier alpha value is -3.11. The Morgan fingerprint density at radius 1 is 0.767 bits per heavy atom. The van der Waals surface area contributed by atoms with Gasteiger partial charge in [0.05, 0.1) is 23.4 Å². The van der Waals surface area contributed by atoms with Crippen LogP contribution in [0.3, 0.4) is 0 Å². The van der Waals surface area contributed by atoms with E-state index in [0.717, 1.165) is 25.2 Å². The Morgan fingerprint density at radius 3 is 2.17 bits per heavy atom. The van der Waals surface area contributed by atoms with Crippen LogP contribution in [-0.2, 0) is 0 Å². The summed E-state index contributed by atoms with van der Waals surface area (Å²) in [5, 5.41) is 0. The fraction of sp³-hybridized carbons (Fsp3) is 0.269. The summed E-state index contributed by atoms with van der Waals surface area (Å²) >= 11 is 0. The number of imidazole rings is 1. The monoisotopic (exact) mass is 396 g/mol. The lowest BCUT2D eigenvalue weighted by atomic mass is 9.98. The fourth-order valence-corrected chi connectivity index (χ4v) is 4.51. The maximum absolute atomic E-state index is 4.74. The summed E-state index contributed by atoms with van der Waals surface area (Å²) in [5.74, 6) is 0. The molecule has 0 radical (unpaired) electrons. The lowest BCUT2D eigenvalue weighted by molar-refractivity contribution is 0.360. The summed E-state index contributed by atoms with van der Waals surface area (Å²) in [7, 11) is 2.21. The number of likely N-dealkylation sites (N-methyl/N-ethyl adjacent to an activating group) is 1. The highest BCUT2D eigenvalue weighted by atomic mass is 15.2. The Morgan fingerprint density at radius 2 is 1.47 bits per heavy atom. The molecule has 0 saturated carbocycles. The first kappa shape index (κ1) is 18.9. The molecule has 0 N–H and O–H groups in total. The lowest BCUT2D eigenvalue weighted by Gasteiger charge is -2.24. The van der Waals surface area contributed by atoms with Gasteiger partial charge in [0.2, 0.25) is 0 Å². The highest BCUT2D eigenvalue weighted by molar-refractivity contribution is 5.80. The van der Waals surface area contributed by atoms with E-state index in [1.807, 2.05) is 6.33 Å². The van der Waals surface area contributed by atoms with Crippen LogP contribution in [0.25, 0.3) is 11.0 Å². The van der Waals surface area contributed by atoms with E-state index in [2.05, 4.69) is 100 Å². The quantitative estimate of drug-likeness (QED) is 0.494. The van der Waals surface area contributed by atoms with Crippen LogP contribution in [-0.4, -0.2) is 47.7 Å². The number of nitrogens with zero attached hydrogens (tertiary/aromatic N) is 4. The summed E-state index contributed by atoms with van der Waals surface area (Å²) in [6.07, 6.45) is 3.19. The molecule has 2 heterocycles. The first-order valence-electron chi connectivity index (χ1n) is 10.8. The molecule has 4 heteroatoms. The molecule has 5 rings (SSSR count). The lowest BCUT2D eigenvalue weighted by Crippen LogP contribution is -2.28. The van der Waals surface area contributed by atoms with Gasteiger partial charge in [-0.25, -0.2) is 4.98 Å². The maximum Gasteiger partial charge on any atom is 0.0966 e. The number of rotatable bonds is 4. The van der Waals surface area contributed by atoms with E-state index < -0.39 is 0 Å². The molecule has 30 heavy (non-hydrogen) atoms. The average molecular weight is 397 g/mol. The second kappa shape index (κ2) is 8.33. The Kier molecular flexibility index (Phi) is 5.24. The number of benzene rings is 3. The molecule has 0 bridgehead atoms. The van der Waals surface area contributed by atoms with Crippen LogP contribution in [0.4, 0.5) is 5.69 Å². The van der Waals surface area contributed by atoms with E-state index in [1.54, 1.807) is 0 Å². The standard InChI is InChI=1S/C26H28N4/c1-28-15-8-16-29(18-17-28)23-13-14-24-25(19-23)30(20-27-24)26(21-9-4-2-5-10-21)22-11-6-3-7-12-22/h2-7,9-14,19-20,26H,8,15-18H2,1H3. The van der Waals surface area contributed by atoms with Gasteiger partial charge in [0.1, 0.15) is 0 Å². The third kappa shape index (κ3) is 3.71. The molecular formula is C26H28N4. The Labute approximate surface area is 178 Å². The highest BCUT2D eigenvalue weighted by Crippen LogP contribution is 2.31. The van der Waals surface area contributed by atoms with Gasteiger partial charge in [-0.1, -0.05) is 60.7 Å². The smallest absolute Gasteiger partial charge is 0.0966 e. The molecule has 0 spiro atoms. The molecular weight excluding hydrogens is 368 g/mol. The SMILES string of the molecule is CN1CCCN(c2ccc3ncn(C(c4ccccc4)c4ccccc4)c3c2)CC1. The summed E-state index contributed by atoms with van der Waals surface area (Å²) in [6, 6.07) is 28.3. The molecule has 0 aliphatic carbocycles. The second-order valence-corrected chi connectivity index (χ2v) is 8.19. The van der Waals surface area contributed by atoms with Crippen molar-refractivity contribution in [3.63, 3.8) is 0 Å². The molecule has 0 atom stereocenters.